The maximum absolute atomic E-state index is 12.4. The van der Waals surface area contributed by atoms with Gasteiger partial charge in [0, 0.05) is 22.7 Å². The van der Waals surface area contributed by atoms with Crippen molar-refractivity contribution >= 4 is 26.5 Å². The minimum Gasteiger partial charge on any atom is -0.316 e. The van der Waals surface area contributed by atoms with Crippen molar-refractivity contribution in [3.05, 3.63) is 21.8 Å². The Hall–Kier alpha value is -1.45. The van der Waals surface area contributed by atoms with Gasteiger partial charge in [-0.2, -0.15) is 13.5 Å². The molecule has 0 aliphatic heterocycles. The van der Waals surface area contributed by atoms with Gasteiger partial charge in [-0.25, -0.2) is 4.98 Å². The van der Waals surface area contributed by atoms with Crippen molar-refractivity contribution in [3.63, 3.8) is 0 Å². The number of H-pyrrole nitrogens is 1. The molecule has 0 radical (unpaired) electrons. The van der Waals surface area contributed by atoms with Crippen LogP contribution in [0.2, 0.25) is 0 Å². The maximum atomic E-state index is 12.4. The fourth-order valence-electron chi connectivity index (χ4n) is 1.72. The lowest BCUT2D eigenvalue weighted by atomic mass is 10.3. The molecular formula is C11H17N5O2S2. The van der Waals surface area contributed by atoms with Crippen molar-refractivity contribution in [1.82, 2.24) is 20.5 Å². The summed E-state index contributed by atoms with van der Waals surface area (Å²) in [7, 11) is -1.98. The van der Waals surface area contributed by atoms with Crippen LogP contribution in [0.5, 0.6) is 0 Å². The van der Waals surface area contributed by atoms with Gasteiger partial charge in [0.15, 0.2) is 5.13 Å². The molecule has 0 aromatic carbocycles. The first-order valence-corrected chi connectivity index (χ1v) is 8.30. The molecule has 0 saturated heterocycles. The zero-order valence-corrected chi connectivity index (χ0v) is 13.4. The number of nitrogens with one attached hydrogen (secondary N) is 3. The van der Waals surface area contributed by atoms with Gasteiger partial charge >= 0.3 is 0 Å². The molecule has 3 N–H and O–H groups in total. The van der Waals surface area contributed by atoms with Crippen LogP contribution >= 0.6 is 11.3 Å². The molecule has 2 aromatic rings. The van der Waals surface area contributed by atoms with Crippen LogP contribution in [0, 0.1) is 20.8 Å². The highest BCUT2D eigenvalue weighted by atomic mass is 32.2. The van der Waals surface area contributed by atoms with E-state index in [1.807, 2.05) is 13.8 Å². The highest BCUT2D eigenvalue weighted by molar-refractivity contribution is 7.92. The van der Waals surface area contributed by atoms with Crippen LogP contribution in [0.25, 0.3) is 0 Å². The van der Waals surface area contributed by atoms with Crippen LogP contribution in [-0.4, -0.2) is 30.6 Å². The third-order valence-corrected chi connectivity index (χ3v) is 5.32. The smallest absolute Gasteiger partial charge is 0.283 e. The molecule has 0 fully saturated rings. The summed E-state index contributed by atoms with van der Waals surface area (Å²) in [6, 6.07) is 0. The molecule has 9 heteroatoms. The van der Waals surface area contributed by atoms with Crippen molar-refractivity contribution in [2.45, 2.75) is 32.3 Å². The van der Waals surface area contributed by atoms with Gasteiger partial charge in [0.05, 0.1) is 5.69 Å². The first-order chi connectivity index (χ1) is 9.35. The molecule has 20 heavy (non-hydrogen) atoms. The minimum atomic E-state index is -3.73. The summed E-state index contributed by atoms with van der Waals surface area (Å²) in [5, 5.41) is 9.90. The minimum absolute atomic E-state index is 0.00913. The van der Waals surface area contributed by atoms with E-state index < -0.39 is 10.0 Å². The predicted molar refractivity (Wildman–Crippen MR) is 78.5 cm³/mol. The molecule has 2 rings (SSSR count). The molecule has 0 aliphatic carbocycles. The first-order valence-electron chi connectivity index (χ1n) is 6.00. The van der Waals surface area contributed by atoms with Crippen LogP contribution in [0.15, 0.2) is 5.03 Å². The Balaban J connectivity index is 2.35. The molecule has 0 aliphatic rings. The highest BCUT2D eigenvalue weighted by Crippen LogP contribution is 2.25. The Morgan fingerprint density at radius 2 is 2.00 bits per heavy atom. The van der Waals surface area contributed by atoms with Gasteiger partial charge in [0.1, 0.15) is 0 Å². The topological polar surface area (TPSA) is 99.8 Å². The fraction of sp³-hybridized carbons (Fsp3) is 0.455. The van der Waals surface area contributed by atoms with Crippen LogP contribution in [-0.2, 0) is 16.6 Å². The second-order valence-electron chi connectivity index (χ2n) is 4.43. The molecule has 110 valence electrons. The number of aromatic amines is 1. The van der Waals surface area contributed by atoms with Gasteiger partial charge in [0.2, 0.25) is 5.03 Å². The molecular weight excluding hydrogens is 298 g/mol. The van der Waals surface area contributed by atoms with E-state index in [2.05, 4.69) is 25.2 Å². The summed E-state index contributed by atoms with van der Waals surface area (Å²) in [5.41, 5.74) is 2.18. The second-order valence-corrected chi connectivity index (χ2v) is 7.23. The molecule has 7 nitrogen and oxygen atoms in total. The summed E-state index contributed by atoms with van der Waals surface area (Å²) in [5.74, 6) is 0. The Morgan fingerprint density at radius 3 is 2.55 bits per heavy atom. The monoisotopic (exact) mass is 315 g/mol. The Bertz CT molecular complexity index is 698. The molecule has 2 aromatic heterocycles. The quantitative estimate of drug-likeness (QED) is 0.772. The van der Waals surface area contributed by atoms with Crippen molar-refractivity contribution in [2.24, 2.45) is 0 Å². The van der Waals surface area contributed by atoms with Gasteiger partial charge in [-0.15, -0.1) is 11.3 Å². The van der Waals surface area contributed by atoms with Crippen molar-refractivity contribution in [3.8, 4) is 0 Å². The van der Waals surface area contributed by atoms with E-state index in [0.717, 1.165) is 16.3 Å². The van der Waals surface area contributed by atoms with E-state index in [-0.39, 0.29) is 5.03 Å². The van der Waals surface area contributed by atoms with E-state index in [1.165, 1.54) is 11.3 Å². The molecule has 2 heterocycles. The lowest BCUT2D eigenvalue weighted by Crippen LogP contribution is -2.17. The number of hydrogen-bond donors (Lipinski definition) is 3. The molecule has 0 unspecified atom stereocenters. The number of anilines is 1. The number of nitrogens with zero attached hydrogens (tertiary/aromatic N) is 2. The summed E-state index contributed by atoms with van der Waals surface area (Å²) in [4.78, 5) is 5.16. The van der Waals surface area contributed by atoms with Crippen molar-refractivity contribution < 1.29 is 8.42 Å². The Morgan fingerprint density at radius 1 is 1.30 bits per heavy atom. The van der Waals surface area contributed by atoms with E-state index in [1.54, 1.807) is 14.0 Å². The van der Waals surface area contributed by atoms with E-state index >= 15 is 0 Å². The molecule has 0 atom stereocenters. The van der Waals surface area contributed by atoms with Crippen molar-refractivity contribution in [2.75, 3.05) is 11.8 Å². The van der Waals surface area contributed by atoms with E-state index in [0.29, 0.717) is 17.2 Å². The van der Waals surface area contributed by atoms with Crippen LogP contribution in [0.3, 0.4) is 0 Å². The van der Waals surface area contributed by atoms with Crippen LogP contribution < -0.4 is 10.0 Å². The van der Waals surface area contributed by atoms with Gasteiger partial charge < -0.3 is 5.32 Å². The predicted octanol–water partition coefficient (Wildman–Crippen LogP) is 1.31. The van der Waals surface area contributed by atoms with Crippen LogP contribution in [0.4, 0.5) is 5.13 Å². The average Bonchev–Trinajstić information content (AvgIpc) is 2.85. The van der Waals surface area contributed by atoms with Gasteiger partial charge in [0.25, 0.3) is 10.0 Å². The third kappa shape index (κ3) is 2.84. The summed E-state index contributed by atoms with van der Waals surface area (Å²) in [6.45, 7) is 5.95. The number of aryl methyl sites for hydroxylation is 3. The van der Waals surface area contributed by atoms with E-state index in [4.69, 9.17) is 0 Å². The SMILES string of the molecule is CNCc1c(S(=O)(=O)Nc2nc(C)c(C)s2)n[nH]c1C. The Kier molecular flexibility index (Phi) is 4.11. The van der Waals surface area contributed by atoms with Gasteiger partial charge in [-0.3, -0.25) is 9.82 Å². The second kappa shape index (κ2) is 5.51. The molecule has 0 saturated carbocycles. The highest BCUT2D eigenvalue weighted by Gasteiger charge is 2.24. The number of rotatable bonds is 5. The normalized spacial score (nSPS) is 11.8. The fourth-order valence-corrected chi connectivity index (χ4v) is 3.97. The largest absolute Gasteiger partial charge is 0.316 e. The standard InChI is InChI=1S/C11H17N5O2S2/c1-6-8(3)19-11(13-6)16-20(17,18)10-9(5-12-4)7(2)14-15-10/h12H,5H2,1-4H3,(H,13,16)(H,14,15). The zero-order valence-electron chi connectivity index (χ0n) is 11.7. The van der Waals surface area contributed by atoms with Crippen LogP contribution in [0.1, 0.15) is 21.8 Å². The lowest BCUT2D eigenvalue weighted by molar-refractivity contribution is 0.595. The van der Waals surface area contributed by atoms with E-state index in [9.17, 15) is 8.42 Å². The molecule has 0 spiro atoms. The van der Waals surface area contributed by atoms with Gasteiger partial charge in [-0.1, -0.05) is 0 Å². The summed E-state index contributed by atoms with van der Waals surface area (Å²) >= 11 is 1.31. The maximum Gasteiger partial charge on any atom is 0.283 e. The number of aromatic nitrogens is 3. The third-order valence-electron chi connectivity index (χ3n) is 2.89. The zero-order chi connectivity index (χ0) is 14.9. The molecule has 0 bridgehead atoms. The summed E-state index contributed by atoms with van der Waals surface area (Å²) in [6.07, 6.45) is 0. The van der Waals surface area contributed by atoms with Gasteiger partial charge in [-0.05, 0) is 27.8 Å². The average molecular weight is 315 g/mol. The number of hydrogen-bond acceptors (Lipinski definition) is 6. The lowest BCUT2D eigenvalue weighted by Gasteiger charge is -2.05. The Labute approximate surface area is 121 Å². The number of sulfonamides is 1. The summed E-state index contributed by atoms with van der Waals surface area (Å²) < 4.78 is 27.2. The number of thiazole rings is 1. The van der Waals surface area contributed by atoms with Crippen molar-refractivity contribution in [1.29, 1.82) is 0 Å². The first kappa shape index (κ1) is 14.9. The molecule has 0 amide bonds.